The Hall–Kier alpha value is -3.68. The van der Waals surface area contributed by atoms with Crippen molar-refractivity contribution in [3.05, 3.63) is 30.1 Å². The maximum atomic E-state index is 14.0. The number of urea groups is 1. The third-order valence-corrected chi connectivity index (χ3v) is 8.70. The van der Waals surface area contributed by atoms with Crippen LogP contribution < -0.4 is 21.3 Å². The van der Waals surface area contributed by atoms with E-state index in [9.17, 15) is 24.4 Å². The summed E-state index contributed by atoms with van der Waals surface area (Å²) in [4.78, 5) is 58.5. The quantitative estimate of drug-likeness (QED) is 0.385. The molecule has 0 bridgehead atoms. The van der Waals surface area contributed by atoms with Gasteiger partial charge in [0, 0.05) is 25.2 Å². The number of carbonyl (C=O) groups is 4. The van der Waals surface area contributed by atoms with Gasteiger partial charge >= 0.3 is 6.03 Å². The zero-order valence-corrected chi connectivity index (χ0v) is 24.0. The summed E-state index contributed by atoms with van der Waals surface area (Å²) in [7, 11) is 0. The van der Waals surface area contributed by atoms with Crippen molar-refractivity contribution in [1.82, 2.24) is 31.2 Å². The number of rotatable bonds is 8. The Morgan fingerprint density at radius 1 is 1.25 bits per heavy atom. The Balaban J connectivity index is 1.46. The van der Waals surface area contributed by atoms with Crippen LogP contribution >= 0.6 is 0 Å². The Labute approximate surface area is 235 Å². The summed E-state index contributed by atoms with van der Waals surface area (Å²) in [5, 5.41) is 21.0. The lowest BCUT2D eigenvalue weighted by molar-refractivity contribution is -0.143. The second kappa shape index (κ2) is 11.4. The maximum absolute atomic E-state index is 14.0. The molecule has 3 fully saturated rings. The van der Waals surface area contributed by atoms with E-state index in [1.54, 1.807) is 23.2 Å². The number of nitrogens with one attached hydrogen (secondary N) is 4. The maximum Gasteiger partial charge on any atom is 0.315 e. The minimum Gasteiger partial charge on any atom is -0.356 e. The van der Waals surface area contributed by atoms with Crippen LogP contribution in [0.2, 0.25) is 0 Å². The summed E-state index contributed by atoms with van der Waals surface area (Å²) in [6, 6.07) is 4.56. The molecule has 2 saturated heterocycles. The van der Waals surface area contributed by atoms with Gasteiger partial charge in [-0.25, -0.2) is 4.79 Å². The zero-order chi connectivity index (χ0) is 29.2. The second-order valence-corrected chi connectivity index (χ2v) is 12.9. The Morgan fingerprint density at radius 2 is 2.00 bits per heavy atom. The van der Waals surface area contributed by atoms with Gasteiger partial charge in [-0.1, -0.05) is 40.7 Å². The molecular weight excluding hydrogens is 510 g/mol. The van der Waals surface area contributed by atoms with Gasteiger partial charge in [0.25, 0.3) is 0 Å². The van der Waals surface area contributed by atoms with Crippen molar-refractivity contribution in [3.63, 3.8) is 0 Å². The van der Waals surface area contributed by atoms with E-state index in [2.05, 4.69) is 46.2 Å². The van der Waals surface area contributed by atoms with Gasteiger partial charge in [-0.05, 0) is 54.1 Å². The molecule has 1 aromatic rings. The number of nitriles is 1. The average molecular weight is 552 g/mol. The minimum atomic E-state index is -0.884. The lowest BCUT2D eigenvalue weighted by Gasteiger charge is -2.37. The number of hydrogen-bond acceptors (Lipinski definition) is 6. The molecule has 2 aliphatic heterocycles. The second-order valence-electron chi connectivity index (χ2n) is 12.9. The van der Waals surface area contributed by atoms with Gasteiger partial charge in [0.15, 0.2) is 0 Å². The number of carbonyl (C=O) groups excluding carboxylic acids is 4. The standard InChI is InChI=1S/C29H41N7O4/c1-28(2,3)23(35-27(40)33-15-18-10-6-7-11-31-18)26(39)36-16-20-21(29(20,4)5)22(36)25(38)34-19(14-30)13-17-9-8-12-32-24(17)37/h6-7,10-11,17,19-23H,8-9,12-13,15-16H2,1-5H3,(H,32,37)(H,34,38)(H2,33,35,40)/t17-,19-,20?,21?,22?,23+/m0/s1. The van der Waals surface area contributed by atoms with Crippen molar-refractivity contribution in [2.75, 3.05) is 13.1 Å². The fraction of sp³-hybridized carbons (Fsp3) is 0.655. The molecule has 11 heteroatoms. The number of hydrogen-bond donors (Lipinski definition) is 4. The fourth-order valence-corrected chi connectivity index (χ4v) is 6.23. The van der Waals surface area contributed by atoms with Crippen molar-refractivity contribution in [3.8, 4) is 6.07 Å². The number of pyridine rings is 1. The number of likely N-dealkylation sites (tertiary alicyclic amines) is 1. The van der Waals surface area contributed by atoms with Crippen LogP contribution in [0.4, 0.5) is 4.79 Å². The molecule has 1 saturated carbocycles. The monoisotopic (exact) mass is 551 g/mol. The molecule has 3 aliphatic rings. The summed E-state index contributed by atoms with van der Waals surface area (Å²) < 4.78 is 0. The highest BCUT2D eigenvalue weighted by Gasteiger charge is 2.69. The van der Waals surface area contributed by atoms with Crippen LogP contribution in [0.3, 0.4) is 0 Å². The molecule has 3 unspecified atom stereocenters. The van der Waals surface area contributed by atoms with Crippen molar-refractivity contribution >= 4 is 23.8 Å². The predicted octanol–water partition coefficient (Wildman–Crippen LogP) is 1.70. The van der Waals surface area contributed by atoms with Crippen molar-refractivity contribution in [2.24, 2.45) is 28.6 Å². The lowest BCUT2D eigenvalue weighted by Crippen LogP contribution is -2.60. The number of aromatic nitrogens is 1. The molecule has 4 N–H and O–H groups in total. The highest BCUT2D eigenvalue weighted by molar-refractivity contribution is 5.94. The first kappa shape index (κ1) is 29.3. The summed E-state index contributed by atoms with van der Waals surface area (Å²) in [5.74, 6) is -1.04. The molecule has 216 valence electrons. The number of amides is 5. The number of nitrogens with zero attached hydrogens (tertiary/aromatic N) is 3. The average Bonchev–Trinajstić information content (AvgIpc) is 3.23. The first-order valence-electron chi connectivity index (χ1n) is 14.1. The number of fused-ring (bicyclic) bond motifs is 1. The van der Waals surface area contributed by atoms with E-state index in [1.165, 1.54) is 0 Å². The minimum absolute atomic E-state index is 0.0487. The first-order chi connectivity index (χ1) is 18.8. The molecule has 0 spiro atoms. The van der Waals surface area contributed by atoms with Crippen LogP contribution in [0.15, 0.2) is 24.4 Å². The molecule has 0 radical (unpaired) electrons. The topological polar surface area (TPSA) is 156 Å². The van der Waals surface area contributed by atoms with Crippen LogP contribution in [0.1, 0.15) is 59.6 Å². The molecule has 40 heavy (non-hydrogen) atoms. The molecule has 5 amide bonds. The molecule has 6 atom stereocenters. The normalized spacial score (nSPS) is 26.4. The van der Waals surface area contributed by atoms with E-state index in [0.29, 0.717) is 25.2 Å². The smallest absolute Gasteiger partial charge is 0.315 e. The van der Waals surface area contributed by atoms with E-state index in [0.717, 1.165) is 6.42 Å². The summed E-state index contributed by atoms with van der Waals surface area (Å²) in [6.07, 6.45) is 3.38. The highest BCUT2D eigenvalue weighted by atomic mass is 16.2. The Kier molecular flexibility index (Phi) is 8.38. The summed E-state index contributed by atoms with van der Waals surface area (Å²) in [6.45, 7) is 11.0. The van der Waals surface area contributed by atoms with Crippen LogP contribution in [-0.4, -0.2) is 64.9 Å². The van der Waals surface area contributed by atoms with Gasteiger partial charge in [0.2, 0.25) is 17.7 Å². The molecule has 3 heterocycles. The van der Waals surface area contributed by atoms with Gasteiger partial charge in [0.1, 0.15) is 18.1 Å². The van der Waals surface area contributed by atoms with E-state index >= 15 is 0 Å². The summed E-state index contributed by atoms with van der Waals surface area (Å²) in [5.41, 5.74) is -0.0612. The zero-order valence-electron chi connectivity index (χ0n) is 24.0. The largest absolute Gasteiger partial charge is 0.356 e. The van der Waals surface area contributed by atoms with E-state index in [4.69, 9.17) is 0 Å². The fourth-order valence-electron chi connectivity index (χ4n) is 6.23. The molecule has 0 aromatic carbocycles. The van der Waals surface area contributed by atoms with E-state index in [1.807, 2.05) is 26.8 Å². The van der Waals surface area contributed by atoms with Gasteiger partial charge in [-0.2, -0.15) is 5.26 Å². The third kappa shape index (κ3) is 6.21. The van der Waals surface area contributed by atoms with Crippen LogP contribution in [-0.2, 0) is 20.9 Å². The van der Waals surface area contributed by atoms with Crippen molar-refractivity contribution in [2.45, 2.75) is 78.6 Å². The van der Waals surface area contributed by atoms with Crippen LogP contribution in [0.5, 0.6) is 0 Å². The molecule has 1 aromatic heterocycles. The highest BCUT2D eigenvalue weighted by Crippen LogP contribution is 2.65. The summed E-state index contributed by atoms with van der Waals surface area (Å²) >= 11 is 0. The SMILES string of the molecule is CC1(C)C2CN(C(=O)[C@@H](NC(=O)NCc3ccccn3)C(C)(C)C)C(C(=O)N[C@H](C#N)C[C@@H]3CCCNC3=O)C21. The van der Waals surface area contributed by atoms with Gasteiger partial charge in [-0.15, -0.1) is 0 Å². The molecular formula is C29H41N7O4. The molecule has 4 rings (SSSR count). The van der Waals surface area contributed by atoms with Gasteiger partial charge < -0.3 is 26.2 Å². The number of piperidine rings is 2. The van der Waals surface area contributed by atoms with Crippen LogP contribution in [0.25, 0.3) is 0 Å². The van der Waals surface area contributed by atoms with E-state index in [-0.39, 0.29) is 53.9 Å². The van der Waals surface area contributed by atoms with Gasteiger partial charge in [-0.3, -0.25) is 19.4 Å². The molecule has 1 aliphatic carbocycles. The Bertz CT molecular complexity index is 1170. The lowest BCUT2D eigenvalue weighted by atomic mass is 9.85. The van der Waals surface area contributed by atoms with Crippen molar-refractivity contribution < 1.29 is 19.2 Å². The van der Waals surface area contributed by atoms with Gasteiger partial charge in [0.05, 0.1) is 18.3 Å². The third-order valence-electron chi connectivity index (χ3n) is 8.70. The van der Waals surface area contributed by atoms with Crippen LogP contribution in [0, 0.1) is 39.9 Å². The van der Waals surface area contributed by atoms with Crippen molar-refractivity contribution in [1.29, 1.82) is 5.26 Å². The van der Waals surface area contributed by atoms with E-state index < -0.39 is 29.6 Å². The Morgan fingerprint density at radius 3 is 2.62 bits per heavy atom. The predicted molar refractivity (Wildman–Crippen MR) is 147 cm³/mol. The molecule has 11 nitrogen and oxygen atoms in total. The first-order valence-corrected chi connectivity index (χ1v) is 14.1.